The van der Waals surface area contributed by atoms with Crippen molar-refractivity contribution in [3.8, 4) is 0 Å². The van der Waals surface area contributed by atoms with Crippen LogP contribution in [0.4, 0.5) is 0 Å². The number of piperidine rings is 2. The van der Waals surface area contributed by atoms with Crippen LogP contribution in [0.1, 0.15) is 37.3 Å². The summed E-state index contributed by atoms with van der Waals surface area (Å²) in [6.07, 6.45) is 6.16. The fraction of sp³-hybridized carbons (Fsp3) is 0.800. The molecule has 1 unspecified atom stereocenters. The van der Waals surface area contributed by atoms with Gasteiger partial charge in [-0.25, -0.2) is 4.98 Å². The van der Waals surface area contributed by atoms with E-state index in [2.05, 4.69) is 14.8 Å². The molecule has 2 aliphatic heterocycles. The molecule has 112 valence electrons. The Bertz CT molecular complexity index is 427. The number of aryl methyl sites for hydroxylation is 1. The lowest BCUT2D eigenvalue weighted by molar-refractivity contribution is 0.0242. The third-order valence-electron chi connectivity index (χ3n) is 4.55. The third-order valence-corrected chi connectivity index (χ3v) is 4.55. The van der Waals surface area contributed by atoms with Crippen molar-refractivity contribution in [3.05, 3.63) is 17.8 Å². The van der Waals surface area contributed by atoms with Crippen molar-refractivity contribution in [1.29, 1.82) is 0 Å². The van der Waals surface area contributed by atoms with Crippen molar-refractivity contribution < 1.29 is 9.52 Å². The van der Waals surface area contributed by atoms with Gasteiger partial charge >= 0.3 is 0 Å². The number of aliphatic hydroxyl groups excluding tert-OH is 1. The quantitative estimate of drug-likeness (QED) is 0.906. The zero-order chi connectivity index (χ0) is 13.9. The van der Waals surface area contributed by atoms with Gasteiger partial charge in [-0.2, -0.15) is 0 Å². The maximum absolute atomic E-state index is 9.79. The van der Waals surface area contributed by atoms with E-state index in [4.69, 9.17) is 4.42 Å². The summed E-state index contributed by atoms with van der Waals surface area (Å²) in [4.78, 5) is 9.32. The number of nitrogens with zero attached hydrogens (tertiary/aromatic N) is 3. The summed E-state index contributed by atoms with van der Waals surface area (Å²) < 4.78 is 5.26. The largest absolute Gasteiger partial charge is 0.449 e. The van der Waals surface area contributed by atoms with Crippen LogP contribution in [0, 0.1) is 6.92 Å². The minimum Gasteiger partial charge on any atom is -0.449 e. The first-order valence-electron chi connectivity index (χ1n) is 7.76. The Morgan fingerprint density at radius 1 is 1.30 bits per heavy atom. The highest BCUT2D eigenvalue weighted by atomic mass is 16.3. The molecule has 0 amide bonds. The van der Waals surface area contributed by atoms with E-state index in [1.165, 1.54) is 12.8 Å². The van der Waals surface area contributed by atoms with Gasteiger partial charge in [0.1, 0.15) is 6.26 Å². The summed E-state index contributed by atoms with van der Waals surface area (Å²) in [5.74, 6) is 0.747. The fourth-order valence-corrected chi connectivity index (χ4v) is 3.47. The van der Waals surface area contributed by atoms with Gasteiger partial charge in [-0.05, 0) is 32.2 Å². The van der Waals surface area contributed by atoms with Crippen LogP contribution < -0.4 is 0 Å². The normalized spacial score (nSPS) is 27.0. The maximum atomic E-state index is 9.79. The summed E-state index contributed by atoms with van der Waals surface area (Å²) in [6.45, 7) is 7.04. The molecule has 0 bridgehead atoms. The predicted octanol–water partition coefficient (Wildman–Crippen LogP) is 1.40. The van der Waals surface area contributed by atoms with Gasteiger partial charge in [0.05, 0.1) is 11.8 Å². The molecule has 0 aromatic carbocycles. The minimum atomic E-state index is -0.111. The second-order valence-electron chi connectivity index (χ2n) is 6.16. The summed E-state index contributed by atoms with van der Waals surface area (Å²) in [5, 5.41) is 9.79. The molecule has 1 aromatic heterocycles. The topological polar surface area (TPSA) is 52.7 Å². The van der Waals surface area contributed by atoms with E-state index in [0.717, 1.165) is 57.2 Å². The minimum absolute atomic E-state index is 0.111. The maximum Gasteiger partial charge on any atom is 0.191 e. The van der Waals surface area contributed by atoms with Gasteiger partial charge in [0.2, 0.25) is 0 Å². The number of hydrogen-bond acceptors (Lipinski definition) is 5. The molecule has 3 heterocycles. The van der Waals surface area contributed by atoms with E-state index in [-0.39, 0.29) is 6.10 Å². The summed E-state index contributed by atoms with van der Waals surface area (Å²) in [7, 11) is 0. The SMILES string of the molecule is Cc1nc(CN2CCC(N3CCCC(O)C3)CC2)co1. The molecule has 1 atom stereocenters. The molecule has 1 aromatic rings. The van der Waals surface area contributed by atoms with Gasteiger partial charge in [-0.1, -0.05) is 0 Å². The first-order chi connectivity index (χ1) is 9.70. The first kappa shape index (κ1) is 14.0. The highest BCUT2D eigenvalue weighted by Gasteiger charge is 2.28. The zero-order valence-corrected chi connectivity index (χ0v) is 12.3. The monoisotopic (exact) mass is 279 g/mol. The Balaban J connectivity index is 1.47. The van der Waals surface area contributed by atoms with Crippen LogP contribution in [0.3, 0.4) is 0 Å². The molecule has 2 fully saturated rings. The number of likely N-dealkylation sites (tertiary alicyclic amines) is 2. The molecule has 2 aliphatic rings. The van der Waals surface area contributed by atoms with Crippen LogP contribution in [0.2, 0.25) is 0 Å². The highest BCUT2D eigenvalue weighted by Crippen LogP contribution is 2.22. The Morgan fingerprint density at radius 3 is 2.75 bits per heavy atom. The van der Waals surface area contributed by atoms with Gasteiger partial charge in [-0.3, -0.25) is 9.80 Å². The summed E-state index contributed by atoms with van der Waals surface area (Å²) in [5.41, 5.74) is 1.04. The molecule has 5 heteroatoms. The van der Waals surface area contributed by atoms with E-state index in [9.17, 15) is 5.11 Å². The molecule has 0 aliphatic carbocycles. The van der Waals surface area contributed by atoms with E-state index in [1.807, 2.05) is 6.92 Å². The number of oxazole rings is 1. The molecule has 0 radical (unpaired) electrons. The van der Waals surface area contributed by atoms with Gasteiger partial charge in [0, 0.05) is 39.1 Å². The standard InChI is InChI=1S/C15H25N3O2/c1-12-16-13(11-20-12)9-17-7-4-14(5-8-17)18-6-2-3-15(19)10-18/h11,14-15,19H,2-10H2,1H3. The highest BCUT2D eigenvalue weighted by molar-refractivity contribution is 4.96. The predicted molar refractivity (Wildman–Crippen MR) is 76.4 cm³/mol. The number of β-amino-alcohol motifs (C(OH)–C–C–N with tert-alkyl or cyclic N) is 1. The van der Waals surface area contributed by atoms with Crippen molar-refractivity contribution in [1.82, 2.24) is 14.8 Å². The van der Waals surface area contributed by atoms with Crippen LogP contribution in [0.25, 0.3) is 0 Å². The second kappa shape index (κ2) is 6.24. The Morgan fingerprint density at radius 2 is 2.10 bits per heavy atom. The number of aromatic nitrogens is 1. The lowest BCUT2D eigenvalue weighted by atomic mass is 9.99. The molecule has 2 saturated heterocycles. The Labute approximate surface area is 120 Å². The Hall–Kier alpha value is -0.910. The number of rotatable bonds is 3. The zero-order valence-electron chi connectivity index (χ0n) is 12.3. The fourth-order valence-electron chi connectivity index (χ4n) is 3.47. The smallest absolute Gasteiger partial charge is 0.191 e. The molecule has 20 heavy (non-hydrogen) atoms. The molecule has 0 saturated carbocycles. The molecule has 3 rings (SSSR count). The van der Waals surface area contributed by atoms with Crippen molar-refractivity contribution in [2.45, 2.75) is 51.3 Å². The van der Waals surface area contributed by atoms with E-state index in [0.29, 0.717) is 6.04 Å². The average molecular weight is 279 g/mol. The van der Waals surface area contributed by atoms with Crippen LogP contribution in [0.15, 0.2) is 10.7 Å². The number of hydrogen-bond donors (Lipinski definition) is 1. The van der Waals surface area contributed by atoms with Crippen LogP contribution in [-0.4, -0.2) is 58.2 Å². The third kappa shape index (κ3) is 3.40. The van der Waals surface area contributed by atoms with Crippen molar-refractivity contribution >= 4 is 0 Å². The number of aliphatic hydroxyl groups is 1. The first-order valence-corrected chi connectivity index (χ1v) is 7.76. The van der Waals surface area contributed by atoms with Gasteiger partial charge in [-0.15, -0.1) is 0 Å². The van der Waals surface area contributed by atoms with Crippen molar-refractivity contribution in [3.63, 3.8) is 0 Å². The summed E-state index contributed by atoms with van der Waals surface area (Å²) >= 11 is 0. The lowest BCUT2D eigenvalue weighted by Gasteiger charge is -2.41. The molecular weight excluding hydrogens is 254 g/mol. The van der Waals surface area contributed by atoms with Gasteiger partial charge < -0.3 is 9.52 Å². The molecule has 5 nitrogen and oxygen atoms in total. The van der Waals surface area contributed by atoms with Crippen molar-refractivity contribution in [2.24, 2.45) is 0 Å². The van der Waals surface area contributed by atoms with Crippen LogP contribution in [0.5, 0.6) is 0 Å². The van der Waals surface area contributed by atoms with Crippen LogP contribution >= 0.6 is 0 Å². The van der Waals surface area contributed by atoms with Gasteiger partial charge in [0.25, 0.3) is 0 Å². The second-order valence-corrected chi connectivity index (χ2v) is 6.16. The van der Waals surface area contributed by atoms with E-state index >= 15 is 0 Å². The summed E-state index contributed by atoms with van der Waals surface area (Å²) in [6, 6.07) is 0.653. The molecule has 1 N–H and O–H groups in total. The molecule has 0 spiro atoms. The molecular formula is C15H25N3O2. The van der Waals surface area contributed by atoms with E-state index < -0.39 is 0 Å². The van der Waals surface area contributed by atoms with E-state index in [1.54, 1.807) is 6.26 Å². The van der Waals surface area contributed by atoms with Crippen molar-refractivity contribution in [2.75, 3.05) is 26.2 Å². The van der Waals surface area contributed by atoms with Crippen LogP contribution in [-0.2, 0) is 6.54 Å². The van der Waals surface area contributed by atoms with Gasteiger partial charge in [0.15, 0.2) is 5.89 Å². The Kier molecular flexibility index (Phi) is 4.38. The average Bonchev–Trinajstić information content (AvgIpc) is 2.85. The lowest BCUT2D eigenvalue weighted by Crippen LogP contribution is -2.49.